The van der Waals surface area contributed by atoms with Gasteiger partial charge in [-0.05, 0) is 17.7 Å². The third-order valence-corrected chi connectivity index (χ3v) is 2.88. The summed E-state index contributed by atoms with van der Waals surface area (Å²) in [5.74, 6) is 1.87. The number of esters is 1. The van der Waals surface area contributed by atoms with Crippen LogP contribution in [0, 0.1) is 12.3 Å². The zero-order valence-electron chi connectivity index (χ0n) is 10.2. The SMILES string of the molecule is C#Cc1cccc(C(C)(C)C(O)C(=O)OC)c1. The van der Waals surface area contributed by atoms with E-state index in [2.05, 4.69) is 10.7 Å². The highest BCUT2D eigenvalue weighted by molar-refractivity contribution is 5.76. The molecule has 0 amide bonds. The number of aliphatic hydroxyl groups excluding tert-OH is 1. The van der Waals surface area contributed by atoms with E-state index >= 15 is 0 Å². The topological polar surface area (TPSA) is 46.5 Å². The quantitative estimate of drug-likeness (QED) is 0.634. The Kier molecular flexibility index (Phi) is 3.93. The van der Waals surface area contributed by atoms with Crippen molar-refractivity contribution in [3.05, 3.63) is 35.4 Å². The second-order valence-corrected chi connectivity index (χ2v) is 4.37. The summed E-state index contributed by atoms with van der Waals surface area (Å²) in [5.41, 5.74) is 0.762. The highest BCUT2D eigenvalue weighted by atomic mass is 16.5. The number of carbonyl (C=O) groups is 1. The van der Waals surface area contributed by atoms with Gasteiger partial charge in [0.05, 0.1) is 7.11 Å². The molecule has 0 fully saturated rings. The molecule has 0 bridgehead atoms. The van der Waals surface area contributed by atoms with Crippen molar-refractivity contribution in [2.24, 2.45) is 0 Å². The van der Waals surface area contributed by atoms with Gasteiger partial charge in [-0.1, -0.05) is 31.9 Å². The molecule has 0 aromatic heterocycles. The average molecular weight is 232 g/mol. The van der Waals surface area contributed by atoms with Gasteiger partial charge >= 0.3 is 5.97 Å². The lowest BCUT2D eigenvalue weighted by molar-refractivity contribution is -0.153. The van der Waals surface area contributed by atoms with Crippen LogP contribution in [-0.2, 0) is 14.9 Å². The van der Waals surface area contributed by atoms with Gasteiger partial charge in [0, 0.05) is 11.0 Å². The summed E-state index contributed by atoms with van der Waals surface area (Å²) in [6.45, 7) is 3.54. The molecule has 3 nitrogen and oxygen atoms in total. The number of carbonyl (C=O) groups excluding carboxylic acids is 1. The molecule has 0 saturated carbocycles. The highest BCUT2D eigenvalue weighted by Crippen LogP contribution is 2.28. The van der Waals surface area contributed by atoms with Crippen molar-refractivity contribution in [3.63, 3.8) is 0 Å². The van der Waals surface area contributed by atoms with Crippen molar-refractivity contribution in [3.8, 4) is 12.3 Å². The molecule has 0 aliphatic heterocycles. The van der Waals surface area contributed by atoms with Crippen LogP contribution in [0.3, 0.4) is 0 Å². The minimum Gasteiger partial charge on any atom is -0.467 e. The molecular weight excluding hydrogens is 216 g/mol. The standard InChI is InChI=1S/C14H16O3/c1-5-10-7-6-8-11(9-10)14(2,3)12(15)13(16)17-4/h1,6-9,12,15H,2-4H3. The van der Waals surface area contributed by atoms with Crippen molar-refractivity contribution in [2.75, 3.05) is 7.11 Å². The predicted molar refractivity (Wildman–Crippen MR) is 65.4 cm³/mol. The van der Waals surface area contributed by atoms with Gasteiger partial charge in [-0.3, -0.25) is 0 Å². The Hall–Kier alpha value is -1.79. The van der Waals surface area contributed by atoms with Crippen LogP contribution in [0.1, 0.15) is 25.0 Å². The Morgan fingerprint density at radius 2 is 2.18 bits per heavy atom. The van der Waals surface area contributed by atoms with E-state index in [0.29, 0.717) is 5.56 Å². The number of ether oxygens (including phenoxy) is 1. The van der Waals surface area contributed by atoms with E-state index in [-0.39, 0.29) is 0 Å². The van der Waals surface area contributed by atoms with Gasteiger partial charge in [0.25, 0.3) is 0 Å². The predicted octanol–water partition coefficient (Wildman–Crippen LogP) is 1.48. The Balaban J connectivity index is 3.12. The van der Waals surface area contributed by atoms with Gasteiger partial charge in [0.1, 0.15) is 0 Å². The fourth-order valence-electron chi connectivity index (χ4n) is 1.57. The maximum absolute atomic E-state index is 11.4. The van der Waals surface area contributed by atoms with Gasteiger partial charge in [-0.2, -0.15) is 0 Å². The lowest BCUT2D eigenvalue weighted by Crippen LogP contribution is -2.40. The zero-order valence-corrected chi connectivity index (χ0v) is 10.2. The molecule has 1 atom stereocenters. The molecule has 0 aliphatic rings. The van der Waals surface area contributed by atoms with Crippen molar-refractivity contribution in [2.45, 2.75) is 25.4 Å². The van der Waals surface area contributed by atoms with Crippen LogP contribution < -0.4 is 0 Å². The third-order valence-electron chi connectivity index (χ3n) is 2.88. The first-order chi connectivity index (χ1) is 7.93. The second kappa shape index (κ2) is 5.03. The molecule has 0 spiro atoms. The van der Waals surface area contributed by atoms with Crippen molar-refractivity contribution in [1.82, 2.24) is 0 Å². The number of methoxy groups -OCH3 is 1. The molecular formula is C14H16O3. The van der Waals surface area contributed by atoms with Crippen LogP contribution in [-0.4, -0.2) is 24.3 Å². The Labute approximate surface area is 101 Å². The summed E-state index contributed by atoms with van der Waals surface area (Å²) in [6.07, 6.45) is 4.10. The summed E-state index contributed by atoms with van der Waals surface area (Å²) in [5, 5.41) is 9.94. The monoisotopic (exact) mass is 232 g/mol. The smallest absolute Gasteiger partial charge is 0.335 e. The highest BCUT2D eigenvalue weighted by Gasteiger charge is 2.35. The third kappa shape index (κ3) is 2.66. The number of terminal acetylenes is 1. The normalized spacial score (nSPS) is 12.6. The van der Waals surface area contributed by atoms with E-state index in [1.165, 1.54) is 7.11 Å². The minimum atomic E-state index is -1.22. The first-order valence-electron chi connectivity index (χ1n) is 5.26. The fraction of sp³-hybridized carbons (Fsp3) is 0.357. The van der Waals surface area contributed by atoms with Gasteiger partial charge < -0.3 is 9.84 Å². The van der Waals surface area contributed by atoms with Crippen LogP contribution in [0.25, 0.3) is 0 Å². The van der Waals surface area contributed by atoms with E-state index in [4.69, 9.17) is 6.42 Å². The van der Waals surface area contributed by atoms with Gasteiger partial charge in [-0.15, -0.1) is 6.42 Å². The molecule has 1 unspecified atom stereocenters. The average Bonchev–Trinajstić information content (AvgIpc) is 2.36. The number of benzene rings is 1. The lowest BCUT2D eigenvalue weighted by atomic mass is 9.79. The first kappa shape index (κ1) is 13.3. The molecule has 1 aromatic carbocycles. The Morgan fingerprint density at radius 1 is 1.53 bits per heavy atom. The molecule has 3 heteroatoms. The largest absolute Gasteiger partial charge is 0.467 e. The summed E-state index contributed by atoms with van der Waals surface area (Å²) in [6, 6.07) is 7.21. The fourth-order valence-corrected chi connectivity index (χ4v) is 1.57. The first-order valence-corrected chi connectivity index (χ1v) is 5.26. The van der Waals surface area contributed by atoms with E-state index in [9.17, 15) is 9.90 Å². The van der Waals surface area contributed by atoms with Crippen molar-refractivity contribution in [1.29, 1.82) is 0 Å². The molecule has 90 valence electrons. The number of aliphatic hydroxyl groups is 1. The zero-order chi connectivity index (χ0) is 13.1. The molecule has 0 radical (unpaired) electrons. The number of rotatable bonds is 3. The van der Waals surface area contributed by atoms with Crippen LogP contribution >= 0.6 is 0 Å². The number of hydrogen-bond acceptors (Lipinski definition) is 3. The maximum atomic E-state index is 11.4. The second-order valence-electron chi connectivity index (χ2n) is 4.37. The maximum Gasteiger partial charge on any atom is 0.335 e. The van der Waals surface area contributed by atoms with Crippen LogP contribution in [0.2, 0.25) is 0 Å². The molecule has 0 aliphatic carbocycles. The summed E-state index contributed by atoms with van der Waals surface area (Å²) >= 11 is 0. The van der Waals surface area contributed by atoms with E-state index < -0.39 is 17.5 Å². The van der Waals surface area contributed by atoms with Gasteiger partial charge in [-0.25, -0.2) is 4.79 Å². The van der Waals surface area contributed by atoms with Crippen molar-refractivity contribution >= 4 is 5.97 Å². The lowest BCUT2D eigenvalue weighted by Gasteiger charge is -2.29. The summed E-state index contributed by atoms with van der Waals surface area (Å²) in [4.78, 5) is 11.4. The molecule has 0 saturated heterocycles. The van der Waals surface area contributed by atoms with Gasteiger partial charge in [0.2, 0.25) is 0 Å². The molecule has 17 heavy (non-hydrogen) atoms. The summed E-state index contributed by atoms with van der Waals surface area (Å²) < 4.78 is 4.55. The number of hydrogen-bond donors (Lipinski definition) is 1. The Bertz CT molecular complexity index is 455. The van der Waals surface area contributed by atoms with Gasteiger partial charge in [0.15, 0.2) is 6.10 Å². The Morgan fingerprint density at radius 3 is 2.71 bits per heavy atom. The molecule has 1 rings (SSSR count). The molecule has 1 N–H and O–H groups in total. The van der Waals surface area contributed by atoms with E-state index in [1.54, 1.807) is 32.0 Å². The van der Waals surface area contributed by atoms with E-state index in [1.807, 2.05) is 6.07 Å². The molecule has 0 heterocycles. The van der Waals surface area contributed by atoms with Crippen LogP contribution in [0.5, 0.6) is 0 Å². The molecule has 1 aromatic rings. The van der Waals surface area contributed by atoms with Crippen LogP contribution in [0.15, 0.2) is 24.3 Å². The van der Waals surface area contributed by atoms with E-state index in [0.717, 1.165) is 5.56 Å². The van der Waals surface area contributed by atoms with Crippen LogP contribution in [0.4, 0.5) is 0 Å². The van der Waals surface area contributed by atoms with Crippen molar-refractivity contribution < 1.29 is 14.6 Å². The minimum absolute atomic E-state index is 0.652. The summed E-state index contributed by atoms with van der Waals surface area (Å²) in [7, 11) is 1.25.